The molecule has 0 aromatic heterocycles. The lowest BCUT2D eigenvalue weighted by molar-refractivity contribution is 0.101. The molecular formula is C22H26O. The maximum Gasteiger partial charge on any atom is 0.161 e. The van der Waals surface area contributed by atoms with Gasteiger partial charge in [0.1, 0.15) is 0 Å². The number of fused-ring (bicyclic) bond motifs is 1. The van der Waals surface area contributed by atoms with Crippen LogP contribution in [0.2, 0.25) is 0 Å². The minimum absolute atomic E-state index is 0.0823. The number of benzene rings is 2. The highest BCUT2D eigenvalue weighted by atomic mass is 16.1. The van der Waals surface area contributed by atoms with E-state index in [1.165, 1.54) is 0 Å². The minimum Gasteiger partial charge on any atom is -0.294 e. The Bertz CT molecular complexity index is 815. The highest BCUT2D eigenvalue weighted by molar-refractivity contribution is 6.05. The lowest BCUT2D eigenvalue weighted by Gasteiger charge is -2.24. The van der Waals surface area contributed by atoms with E-state index in [0.717, 1.165) is 27.5 Å². The molecular weight excluding hydrogens is 280 g/mol. The molecule has 0 spiro atoms. The molecule has 0 amide bonds. The van der Waals surface area contributed by atoms with Gasteiger partial charge in [-0.05, 0) is 55.5 Å². The van der Waals surface area contributed by atoms with Crippen LogP contribution < -0.4 is 0 Å². The summed E-state index contributed by atoms with van der Waals surface area (Å²) in [5.74, 6) is 6.70. The first-order chi connectivity index (χ1) is 10.5. The maximum atomic E-state index is 12.4. The van der Waals surface area contributed by atoms with Crippen molar-refractivity contribution in [2.45, 2.75) is 53.9 Å². The fourth-order valence-corrected chi connectivity index (χ4v) is 2.68. The highest BCUT2D eigenvalue weighted by Crippen LogP contribution is 2.33. The first-order valence-corrected chi connectivity index (χ1v) is 8.11. The average molecular weight is 306 g/mol. The molecule has 1 heteroatoms. The van der Waals surface area contributed by atoms with Gasteiger partial charge in [0.05, 0.1) is 0 Å². The van der Waals surface area contributed by atoms with Gasteiger partial charge < -0.3 is 0 Å². The number of Topliss-reactive ketones (excluding diaryl/α,β-unsaturated/α-hetero) is 1. The van der Waals surface area contributed by atoms with Gasteiger partial charge in [0.25, 0.3) is 0 Å². The topological polar surface area (TPSA) is 17.1 Å². The molecule has 0 saturated carbocycles. The standard InChI is InChI=1S/C22H26O/c1-15(23)20-18(12-13-21(2,3)4)17-11-9-8-10-16(17)14-19(20)22(5,6)7/h8-11,14H,1-7H3. The fraction of sp³-hybridized carbons (Fsp3) is 0.409. The van der Waals surface area contributed by atoms with Gasteiger partial charge >= 0.3 is 0 Å². The van der Waals surface area contributed by atoms with Crippen LogP contribution in [0.1, 0.15) is 70.0 Å². The number of ketones is 1. The smallest absolute Gasteiger partial charge is 0.161 e. The summed E-state index contributed by atoms with van der Waals surface area (Å²) in [5, 5.41) is 2.20. The van der Waals surface area contributed by atoms with Gasteiger partial charge in [-0.1, -0.05) is 56.9 Å². The van der Waals surface area contributed by atoms with Crippen molar-refractivity contribution in [1.82, 2.24) is 0 Å². The normalized spacial score (nSPS) is 12.0. The fourth-order valence-electron chi connectivity index (χ4n) is 2.68. The van der Waals surface area contributed by atoms with Crippen molar-refractivity contribution >= 4 is 16.6 Å². The number of hydrogen-bond acceptors (Lipinski definition) is 1. The van der Waals surface area contributed by atoms with Gasteiger partial charge in [0, 0.05) is 16.5 Å². The van der Waals surface area contributed by atoms with Crippen molar-refractivity contribution in [2.24, 2.45) is 5.41 Å². The van der Waals surface area contributed by atoms with Crippen molar-refractivity contribution in [3.8, 4) is 11.8 Å². The monoisotopic (exact) mass is 306 g/mol. The summed E-state index contributed by atoms with van der Waals surface area (Å²) in [4.78, 5) is 12.4. The molecule has 0 N–H and O–H groups in total. The molecule has 0 fully saturated rings. The van der Waals surface area contributed by atoms with E-state index in [2.05, 4.69) is 71.6 Å². The van der Waals surface area contributed by atoms with E-state index in [-0.39, 0.29) is 16.6 Å². The van der Waals surface area contributed by atoms with Crippen LogP contribution in [0.5, 0.6) is 0 Å². The highest BCUT2D eigenvalue weighted by Gasteiger charge is 2.24. The van der Waals surface area contributed by atoms with Gasteiger partial charge in [-0.15, -0.1) is 0 Å². The molecule has 0 aliphatic heterocycles. The predicted molar refractivity (Wildman–Crippen MR) is 99.0 cm³/mol. The van der Waals surface area contributed by atoms with Crippen molar-refractivity contribution in [3.05, 3.63) is 47.0 Å². The van der Waals surface area contributed by atoms with E-state index in [9.17, 15) is 4.79 Å². The minimum atomic E-state index is -0.108. The third-order valence-corrected chi connectivity index (χ3v) is 3.77. The van der Waals surface area contributed by atoms with E-state index < -0.39 is 0 Å². The van der Waals surface area contributed by atoms with Crippen LogP contribution in [0.25, 0.3) is 10.8 Å². The van der Waals surface area contributed by atoms with Crippen molar-refractivity contribution in [1.29, 1.82) is 0 Å². The molecule has 2 aromatic rings. The van der Waals surface area contributed by atoms with E-state index in [1.807, 2.05) is 12.1 Å². The average Bonchev–Trinajstić information content (AvgIpc) is 2.41. The summed E-state index contributed by atoms with van der Waals surface area (Å²) < 4.78 is 0. The first kappa shape index (κ1) is 17.3. The lowest BCUT2D eigenvalue weighted by Crippen LogP contribution is -2.18. The van der Waals surface area contributed by atoms with Gasteiger partial charge in [-0.3, -0.25) is 4.79 Å². The number of rotatable bonds is 1. The van der Waals surface area contributed by atoms with Crippen LogP contribution in [-0.2, 0) is 5.41 Å². The Balaban J connectivity index is 2.97. The largest absolute Gasteiger partial charge is 0.294 e. The van der Waals surface area contributed by atoms with Crippen LogP contribution >= 0.6 is 0 Å². The molecule has 1 nitrogen and oxygen atoms in total. The predicted octanol–water partition coefficient (Wildman–Crippen LogP) is 5.74. The Labute approximate surface area is 140 Å². The molecule has 0 bridgehead atoms. The Morgan fingerprint density at radius 3 is 2.13 bits per heavy atom. The Hall–Kier alpha value is -2.07. The molecule has 0 radical (unpaired) electrons. The molecule has 0 aliphatic rings. The lowest BCUT2D eigenvalue weighted by atomic mass is 9.79. The van der Waals surface area contributed by atoms with Gasteiger partial charge in [0.15, 0.2) is 5.78 Å². The zero-order valence-electron chi connectivity index (χ0n) is 15.3. The number of carbonyl (C=O) groups is 1. The van der Waals surface area contributed by atoms with Crippen molar-refractivity contribution < 1.29 is 4.79 Å². The third kappa shape index (κ3) is 3.82. The molecule has 2 rings (SSSR count). The van der Waals surface area contributed by atoms with Gasteiger partial charge in [-0.2, -0.15) is 0 Å². The summed E-state index contributed by atoms with van der Waals surface area (Å²) in [6.07, 6.45) is 0. The van der Waals surface area contributed by atoms with Crippen LogP contribution in [0.15, 0.2) is 30.3 Å². The number of carbonyl (C=O) groups excluding carboxylic acids is 1. The zero-order chi connectivity index (χ0) is 17.4. The van der Waals surface area contributed by atoms with Crippen LogP contribution in [0.4, 0.5) is 0 Å². The second kappa shape index (κ2) is 5.85. The second-order valence-electron chi connectivity index (χ2n) is 8.20. The van der Waals surface area contributed by atoms with E-state index in [0.29, 0.717) is 0 Å². The maximum absolute atomic E-state index is 12.4. The summed E-state index contributed by atoms with van der Waals surface area (Å²) in [7, 11) is 0. The Kier molecular flexibility index (Phi) is 4.40. The first-order valence-electron chi connectivity index (χ1n) is 8.11. The van der Waals surface area contributed by atoms with Crippen molar-refractivity contribution in [2.75, 3.05) is 0 Å². The number of hydrogen-bond donors (Lipinski definition) is 0. The van der Waals surface area contributed by atoms with E-state index in [1.54, 1.807) is 6.92 Å². The van der Waals surface area contributed by atoms with Crippen LogP contribution in [0.3, 0.4) is 0 Å². The molecule has 120 valence electrons. The molecule has 0 heterocycles. The van der Waals surface area contributed by atoms with Gasteiger partial charge in [-0.25, -0.2) is 0 Å². The summed E-state index contributed by atoms with van der Waals surface area (Å²) in [6.45, 7) is 14.3. The van der Waals surface area contributed by atoms with E-state index in [4.69, 9.17) is 0 Å². The van der Waals surface area contributed by atoms with Crippen LogP contribution in [-0.4, -0.2) is 5.78 Å². The zero-order valence-corrected chi connectivity index (χ0v) is 15.3. The van der Waals surface area contributed by atoms with Crippen LogP contribution in [0, 0.1) is 17.3 Å². The molecule has 0 unspecified atom stereocenters. The second-order valence-corrected chi connectivity index (χ2v) is 8.20. The third-order valence-electron chi connectivity index (χ3n) is 3.77. The SMILES string of the molecule is CC(=O)c1c(C(C)(C)C)cc2ccccc2c1C#CC(C)(C)C. The Morgan fingerprint density at radius 1 is 1.00 bits per heavy atom. The molecule has 0 aliphatic carbocycles. The van der Waals surface area contributed by atoms with Gasteiger partial charge in [0.2, 0.25) is 0 Å². The summed E-state index contributed by atoms with van der Waals surface area (Å²) >= 11 is 0. The molecule has 2 aromatic carbocycles. The molecule has 0 atom stereocenters. The van der Waals surface area contributed by atoms with E-state index >= 15 is 0 Å². The molecule has 23 heavy (non-hydrogen) atoms. The van der Waals surface area contributed by atoms with Crippen molar-refractivity contribution in [3.63, 3.8) is 0 Å². The summed E-state index contributed by atoms with van der Waals surface area (Å²) in [6, 6.07) is 10.3. The Morgan fingerprint density at radius 2 is 1.61 bits per heavy atom. The summed E-state index contributed by atoms with van der Waals surface area (Å²) in [5.41, 5.74) is 2.50. The quantitative estimate of drug-likeness (QED) is 0.485. The molecule has 0 saturated heterocycles.